The van der Waals surface area contributed by atoms with E-state index in [1.165, 1.54) is 0 Å². The Hall–Kier alpha value is -1.45. The molecule has 0 amide bonds. The van der Waals surface area contributed by atoms with Crippen molar-refractivity contribution in [3.8, 4) is 5.75 Å². The number of ether oxygens (including phenoxy) is 1. The first-order valence-electron chi connectivity index (χ1n) is 5.30. The number of hydrogen-bond donors (Lipinski definition) is 1. The van der Waals surface area contributed by atoms with Crippen LogP contribution in [0.15, 0.2) is 41.0 Å². The molecule has 2 rings (SSSR count). The van der Waals surface area contributed by atoms with Crippen molar-refractivity contribution in [2.45, 2.75) is 6.04 Å². The van der Waals surface area contributed by atoms with Crippen LogP contribution in [0.2, 0.25) is 5.22 Å². The minimum Gasteiger partial charge on any atom is -0.497 e. The number of hydrogen-bond acceptors (Lipinski definition) is 3. The molecule has 0 saturated heterocycles. The average molecular weight is 252 g/mol. The van der Waals surface area contributed by atoms with Gasteiger partial charge in [-0.3, -0.25) is 0 Å². The van der Waals surface area contributed by atoms with Crippen molar-refractivity contribution in [3.05, 3.63) is 52.9 Å². The highest BCUT2D eigenvalue weighted by molar-refractivity contribution is 6.29. The summed E-state index contributed by atoms with van der Waals surface area (Å²) in [7, 11) is 3.53. The van der Waals surface area contributed by atoms with Crippen LogP contribution in [0.4, 0.5) is 0 Å². The molecule has 0 spiro atoms. The Morgan fingerprint density at radius 2 is 2.18 bits per heavy atom. The molecule has 1 unspecified atom stereocenters. The van der Waals surface area contributed by atoms with Crippen molar-refractivity contribution in [2.24, 2.45) is 0 Å². The Labute approximate surface area is 105 Å². The van der Waals surface area contributed by atoms with E-state index in [2.05, 4.69) is 5.32 Å². The molecular weight excluding hydrogens is 238 g/mol. The van der Waals surface area contributed by atoms with E-state index in [0.29, 0.717) is 5.22 Å². The van der Waals surface area contributed by atoms with Crippen molar-refractivity contribution < 1.29 is 9.15 Å². The Balaban J connectivity index is 2.38. The SMILES string of the molecule is CNC(c1cccc(OC)c1)c1ccoc1Cl. The molecule has 3 nitrogen and oxygen atoms in total. The molecule has 0 fully saturated rings. The number of furan rings is 1. The largest absolute Gasteiger partial charge is 0.497 e. The Morgan fingerprint density at radius 3 is 2.76 bits per heavy atom. The molecule has 1 atom stereocenters. The van der Waals surface area contributed by atoms with Gasteiger partial charge in [-0.15, -0.1) is 0 Å². The van der Waals surface area contributed by atoms with Crippen LogP contribution in [0, 0.1) is 0 Å². The molecule has 0 radical (unpaired) electrons. The highest BCUT2D eigenvalue weighted by Crippen LogP contribution is 2.30. The summed E-state index contributed by atoms with van der Waals surface area (Å²) in [5, 5.41) is 3.62. The Bertz CT molecular complexity index is 496. The van der Waals surface area contributed by atoms with E-state index in [9.17, 15) is 0 Å². The molecule has 1 aromatic heterocycles. The zero-order valence-corrected chi connectivity index (χ0v) is 10.5. The molecule has 0 aliphatic carbocycles. The smallest absolute Gasteiger partial charge is 0.198 e. The maximum Gasteiger partial charge on any atom is 0.198 e. The monoisotopic (exact) mass is 251 g/mol. The first-order chi connectivity index (χ1) is 8.26. The fraction of sp³-hybridized carbons (Fsp3) is 0.231. The van der Waals surface area contributed by atoms with Crippen LogP contribution in [0.5, 0.6) is 5.75 Å². The standard InChI is InChI=1S/C13H14ClNO2/c1-15-12(11-6-7-17-13(11)14)9-4-3-5-10(8-9)16-2/h3-8,12,15H,1-2H3. The summed E-state index contributed by atoms with van der Waals surface area (Å²) >= 11 is 6.00. The molecule has 0 saturated carbocycles. The van der Waals surface area contributed by atoms with E-state index < -0.39 is 0 Å². The molecule has 90 valence electrons. The molecule has 0 bridgehead atoms. The van der Waals surface area contributed by atoms with Gasteiger partial charge in [0.15, 0.2) is 5.22 Å². The summed E-state index contributed by atoms with van der Waals surface area (Å²) in [5.41, 5.74) is 2.00. The van der Waals surface area contributed by atoms with Crippen LogP contribution in [-0.2, 0) is 0 Å². The normalized spacial score (nSPS) is 12.4. The molecule has 2 aromatic rings. The van der Waals surface area contributed by atoms with E-state index in [-0.39, 0.29) is 6.04 Å². The minimum absolute atomic E-state index is 0.00338. The lowest BCUT2D eigenvalue weighted by Crippen LogP contribution is -2.17. The lowest BCUT2D eigenvalue weighted by Gasteiger charge is -2.16. The second kappa shape index (κ2) is 5.25. The molecular formula is C13H14ClNO2. The molecule has 1 N–H and O–H groups in total. The fourth-order valence-electron chi connectivity index (χ4n) is 1.83. The second-order valence-corrected chi connectivity index (χ2v) is 3.99. The van der Waals surface area contributed by atoms with Crippen molar-refractivity contribution in [1.82, 2.24) is 5.32 Å². The molecule has 17 heavy (non-hydrogen) atoms. The molecule has 4 heteroatoms. The lowest BCUT2D eigenvalue weighted by atomic mass is 10.0. The third-order valence-electron chi connectivity index (χ3n) is 2.67. The van der Waals surface area contributed by atoms with Gasteiger partial charge in [-0.2, -0.15) is 0 Å². The Kier molecular flexibility index (Phi) is 3.71. The summed E-state index contributed by atoms with van der Waals surface area (Å²) in [6.07, 6.45) is 1.59. The van der Waals surface area contributed by atoms with Gasteiger partial charge in [-0.05, 0) is 42.4 Å². The number of benzene rings is 1. The lowest BCUT2D eigenvalue weighted by molar-refractivity contribution is 0.413. The first kappa shape index (κ1) is 12.0. The summed E-state index contributed by atoms with van der Waals surface area (Å²) in [5.74, 6) is 0.822. The third kappa shape index (κ3) is 2.46. The summed E-state index contributed by atoms with van der Waals surface area (Å²) < 4.78 is 10.3. The number of halogens is 1. The maximum atomic E-state index is 6.00. The first-order valence-corrected chi connectivity index (χ1v) is 5.68. The zero-order chi connectivity index (χ0) is 12.3. The molecule has 0 aliphatic rings. The van der Waals surface area contributed by atoms with E-state index in [4.69, 9.17) is 20.8 Å². The van der Waals surface area contributed by atoms with Crippen LogP contribution in [0.1, 0.15) is 17.2 Å². The zero-order valence-electron chi connectivity index (χ0n) is 9.74. The number of rotatable bonds is 4. The maximum absolute atomic E-state index is 6.00. The molecule has 1 heterocycles. The average Bonchev–Trinajstić information content (AvgIpc) is 2.77. The van der Waals surface area contributed by atoms with Gasteiger partial charge in [0.25, 0.3) is 0 Å². The topological polar surface area (TPSA) is 34.4 Å². The highest BCUT2D eigenvalue weighted by Gasteiger charge is 2.17. The Morgan fingerprint density at radius 1 is 1.35 bits per heavy atom. The van der Waals surface area contributed by atoms with Gasteiger partial charge < -0.3 is 14.5 Å². The fourth-order valence-corrected chi connectivity index (χ4v) is 2.06. The van der Waals surface area contributed by atoms with Crippen molar-refractivity contribution >= 4 is 11.6 Å². The van der Waals surface area contributed by atoms with Gasteiger partial charge in [-0.1, -0.05) is 12.1 Å². The van der Waals surface area contributed by atoms with Crippen LogP contribution < -0.4 is 10.1 Å². The van der Waals surface area contributed by atoms with Gasteiger partial charge >= 0.3 is 0 Å². The van der Waals surface area contributed by atoms with Crippen LogP contribution in [0.3, 0.4) is 0 Å². The van der Waals surface area contributed by atoms with Gasteiger partial charge in [-0.25, -0.2) is 0 Å². The van der Waals surface area contributed by atoms with Crippen molar-refractivity contribution in [3.63, 3.8) is 0 Å². The third-order valence-corrected chi connectivity index (χ3v) is 2.98. The van der Waals surface area contributed by atoms with E-state index in [1.807, 2.05) is 37.4 Å². The molecule has 1 aromatic carbocycles. The number of nitrogens with one attached hydrogen (secondary N) is 1. The number of methoxy groups -OCH3 is 1. The quantitative estimate of drug-likeness (QED) is 0.906. The summed E-state index contributed by atoms with van der Waals surface area (Å²) in [4.78, 5) is 0. The van der Waals surface area contributed by atoms with Gasteiger partial charge in [0.1, 0.15) is 5.75 Å². The highest BCUT2D eigenvalue weighted by atomic mass is 35.5. The predicted octanol–water partition coefficient (Wildman–Crippen LogP) is 3.25. The molecule has 0 aliphatic heterocycles. The predicted molar refractivity (Wildman–Crippen MR) is 67.6 cm³/mol. The second-order valence-electron chi connectivity index (χ2n) is 3.65. The van der Waals surface area contributed by atoms with Crippen LogP contribution in [-0.4, -0.2) is 14.2 Å². The summed E-state index contributed by atoms with van der Waals surface area (Å²) in [6, 6.07) is 9.72. The van der Waals surface area contributed by atoms with Crippen molar-refractivity contribution in [1.29, 1.82) is 0 Å². The van der Waals surface area contributed by atoms with Crippen molar-refractivity contribution in [2.75, 3.05) is 14.2 Å². The van der Waals surface area contributed by atoms with Gasteiger partial charge in [0, 0.05) is 5.56 Å². The summed E-state index contributed by atoms with van der Waals surface area (Å²) in [6.45, 7) is 0. The van der Waals surface area contributed by atoms with Crippen LogP contribution >= 0.6 is 11.6 Å². The van der Waals surface area contributed by atoms with E-state index >= 15 is 0 Å². The van der Waals surface area contributed by atoms with E-state index in [0.717, 1.165) is 16.9 Å². The van der Waals surface area contributed by atoms with Gasteiger partial charge in [0.2, 0.25) is 0 Å². The minimum atomic E-state index is -0.00338. The van der Waals surface area contributed by atoms with Crippen LogP contribution in [0.25, 0.3) is 0 Å². The van der Waals surface area contributed by atoms with E-state index in [1.54, 1.807) is 13.4 Å². The van der Waals surface area contributed by atoms with Gasteiger partial charge in [0.05, 0.1) is 19.4 Å².